The SMILES string of the molecule is CCCc1nc(-c2cc3ccccc3o2)nc(Cl)c1Br. The normalized spacial score (nSPS) is 11.2. The second-order valence-electron chi connectivity index (χ2n) is 4.50. The van der Waals surface area contributed by atoms with Gasteiger partial charge in [-0.25, -0.2) is 9.97 Å². The molecule has 0 N–H and O–H groups in total. The highest BCUT2D eigenvalue weighted by Crippen LogP contribution is 2.30. The van der Waals surface area contributed by atoms with Crippen LogP contribution in [0.25, 0.3) is 22.6 Å². The lowest BCUT2D eigenvalue weighted by Crippen LogP contribution is -1.97. The molecule has 102 valence electrons. The first-order valence-corrected chi connectivity index (χ1v) is 7.57. The van der Waals surface area contributed by atoms with Gasteiger partial charge in [-0.05, 0) is 34.5 Å². The van der Waals surface area contributed by atoms with E-state index in [0.29, 0.717) is 16.7 Å². The Morgan fingerprint density at radius 2 is 2.05 bits per heavy atom. The largest absolute Gasteiger partial charge is 0.453 e. The molecule has 1 aromatic carbocycles. The van der Waals surface area contributed by atoms with Gasteiger partial charge in [-0.15, -0.1) is 0 Å². The number of fused-ring (bicyclic) bond motifs is 1. The number of hydrogen-bond donors (Lipinski definition) is 0. The summed E-state index contributed by atoms with van der Waals surface area (Å²) in [4.78, 5) is 8.85. The minimum atomic E-state index is 0.416. The van der Waals surface area contributed by atoms with E-state index in [0.717, 1.165) is 34.0 Å². The fourth-order valence-corrected chi connectivity index (χ4v) is 2.63. The third-order valence-corrected chi connectivity index (χ3v) is 4.35. The maximum Gasteiger partial charge on any atom is 0.197 e. The average molecular weight is 352 g/mol. The molecule has 3 nitrogen and oxygen atoms in total. The Balaban J connectivity index is 2.13. The number of aromatic nitrogens is 2. The first kappa shape index (κ1) is 13.6. The summed E-state index contributed by atoms with van der Waals surface area (Å²) in [6.07, 6.45) is 1.83. The third kappa shape index (κ3) is 2.45. The molecule has 0 aliphatic rings. The molecule has 0 saturated heterocycles. The van der Waals surface area contributed by atoms with Crippen LogP contribution in [0, 0.1) is 0 Å². The van der Waals surface area contributed by atoms with Crippen LogP contribution in [0.15, 0.2) is 39.2 Å². The van der Waals surface area contributed by atoms with E-state index in [1.165, 1.54) is 0 Å². The Labute approximate surface area is 130 Å². The Hall–Kier alpha value is -1.39. The highest BCUT2D eigenvalue weighted by molar-refractivity contribution is 9.10. The maximum absolute atomic E-state index is 6.16. The summed E-state index contributed by atoms with van der Waals surface area (Å²) in [5.41, 5.74) is 1.73. The van der Waals surface area contributed by atoms with Gasteiger partial charge in [0.15, 0.2) is 11.6 Å². The molecular weight excluding hydrogens is 340 g/mol. The summed E-state index contributed by atoms with van der Waals surface area (Å²) < 4.78 is 6.55. The molecule has 2 aromatic heterocycles. The summed E-state index contributed by atoms with van der Waals surface area (Å²) in [7, 11) is 0. The zero-order valence-electron chi connectivity index (χ0n) is 10.9. The van der Waals surface area contributed by atoms with Gasteiger partial charge in [0, 0.05) is 5.39 Å². The highest BCUT2D eigenvalue weighted by atomic mass is 79.9. The van der Waals surface area contributed by atoms with Crippen LogP contribution in [0.5, 0.6) is 0 Å². The predicted molar refractivity (Wildman–Crippen MR) is 83.9 cm³/mol. The van der Waals surface area contributed by atoms with E-state index in [1.807, 2.05) is 30.3 Å². The molecular formula is C15H12BrClN2O. The van der Waals surface area contributed by atoms with E-state index in [9.17, 15) is 0 Å². The minimum absolute atomic E-state index is 0.416. The van der Waals surface area contributed by atoms with Crippen molar-refractivity contribution in [1.82, 2.24) is 9.97 Å². The van der Waals surface area contributed by atoms with Gasteiger partial charge in [-0.3, -0.25) is 0 Å². The van der Waals surface area contributed by atoms with Gasteiger partial charge in [-0.2, -0.15) is 0 Å². The molecule has 0 radical (unpaired) electrons. The van der Waals surface area contributed by atoms with E-state index in [-0.39, 0.29) is 0 Å². The molecule has 0 saturated carbocycles. The van der Waals surface area contributed by atoms with E-state index in [2.05, 4.69) is 32.8 Å². The molecule has 20 heavy (non-hydrogen) atoms. The van der Waals surface area contributed by atoms with Gasteiger partial charge < -0.3 is 4.42 Å². The molecule has 0 unspecified atom stereocenters. The Morgan fingerprint density at radius 1 is 1.25 bits per heavy atom. The van der Waals surface area contributed by atoms with E-state index in [4.69, 9.17) is 16.0 Å². The Bertz CT molecular complexity index is 737. The molecule has 0 bridgehead atoms. The zero-order valence-corrected chi connectivity index (χ0v) is 13.2. The van der Waals surface area contributed by atoms with Crippen LogP contribution < -0.4 is 0 Å². The minimum Gasteiger partial charge on any atom is -0.453 e. The van der Waals surface area contributed by atoms with Crippen LogP contribution in [-0.2, 0) is 6.42 Å². The van der Waals surface area contributed by atoms with Crippen molar-refractivity contribution in [2.75, 3.05) is 0 Å². The van der Waals surface area contributed by atoms with E-state index >= 15 is 0 Å². The van der Waals surface area contributed by atoms with E-state index in [1.54, 1.807) is 0 Å². The zero-order chi connectivity index (χ0) is 14.1. The van der Waals surface area contributed by atoms with Crippen LogP contribution in [0.3, 0.4) is 0 Å². The number of halogens is 2. The second kappa shape index (κ2) is 5.54. The van der Waals surface area contributed by atoms with Crippen molar-refractivity contribution < 1.29 is 4.42 Å². The van der Waals surface area contributed by atoms with Gasteiger partial charge >= 0.3 is 0 Å². The summed E-state index contributed by atoms with van der Waals surface area (Å²) in [6.45, 7) is 2.10. The number of furan rings is 1. The lowest BCUT2D eigenvalue weighted by molar-refractivity contribution is 0.624. The van der Waals surface area contributed by atoms with Crippen LogP contribution in [-0.4, -0.2) is 9.97 Å². The van der Waals surface area contributed by atoms with Crippen LogP contribution in [0.2, 0.25) is 5.15 Å². The molecule has 0 aliphatic heterocycles. The van der Waals surface area contributed by atoms with Crippen molar-refractivity contribution >= 4 is 38.5 Å². The molecule has 0 aliphatic carbocycles. The van der Waals surface area contributed by atoms with Crippen molar-refractivity contribution in [3.8, 4) is 11.6 Å². The van der Waals surface area contributed by atoms with Gasteiger partial charge in [-0.1, -0.05) is 43.1 Å². The molecule has 0 atom stereocenters. The molecule has 0 fully saturated rings. The average Bonchev–Trinajstić information content (AvgIpc) is 2.87. The first-order valence-electron chi connectivity index (χ1n) is 6.40. The highest BCUT2D eigenvalue weighted by Gasteiger charge is 2.14. The Kier molecular flexibility index (Phi) is 3.76. The molecule has 5 heteroatoms. The van der Waals surface area contributed by atoms with Crippen LogP contribution >= 0.6 is 27.5 Å². The number of para-hydroxylation sites is 1. The number of aryl methyl sites for hydroxylation is 1. The molecule has 3 aromatic rings. The monoisotopic (exact) mass is 350 g/mol. The van der Waals surface area contributed by atoms with Gasteiger partial charge in [0.2, 0.25) is 0 Å². The quantitative estimate of drug-likeness (QED) is 0.604. The fraction of sp³-hybridized carbons (Fsp3) is 0.200. The molecule has 2 heterocycles. The van der Waals surface area contributed by atoms with Gasteiger partial charge in [0.25, 0.3) is 0 Å². The van der Waals surface area contributed by atoms with E-state index < -0.39 is 0 Å². The number of rotatable bonds is 3. The molecule has 3 rings (SSSR count). The fourth-order valence-electron chi connectivity index (χ4n) is 2.07. The summed E-state index contributed by atoms with van der Waals surface area (Å²) in [5.74, 6) is 1.16. The van der Waals surface area contributed by atoms with Gasteiger partial charge in [0.1, 0.15) is 10.7 Å². The lowest BCUT2D eigenvalue weighted by Gasteiger charge is -2.05. The molecule has 0 amide bonds. The smallest absolute Gasteiger partial charge is 0.197 e. The lowest BCUT2D eigenvalue weighted by atomic mass is 10.2. The Morgan fingerprint density at radius 3 is 2.80 bits per heavy atom. The van der Waals surface area contributed by atoms with Crippen molar-refractivity contribution in [1.29, 1.82) is 0 Å². The van der Waals surface area contributed by atoms with Crippen molar-refractivity contribution in [2.45, 2.75) is 19.8 Å². The van der Waals surface area contributed by atoms with Crippen molar-refractivity contribution in [3.63, 3.8) is 0 Å². The molecule has 0 spiro atoms. The third-order valence-electron chi connectivity index (χ3n) is 3.01. The maximum atomic E-state index is 6.16. The summed E-state index contributed by atoms with van der Waals surface area (Å²) in [6, 6.07) is 9.76. The number of benzene rings is 1. The predicted octanol–water partition coefficient (Wildman–Crippen LogP) is 5.26. The standard InChI is InChI=1S/C15H12BrClN2O/c1-2-5-10-13(16)14(17)19-15(18-10)12-8-9-6-3-4-7-11(9)20-12/h3-4,6-8H,2,5H2,1H3. The summed E-state index contributed by atoms with van der Waals surface area (Å²) in [5, 5.41) is 1.45. The van der Waals surface area contributed by atoms with Crippen molar-refractivity contribution in [3.05, 3.63) is 45.7 Å². The number of nitrogens with zero attached hydrogens (tertiary/aromatic N) is 2. The first-order chi connectivity index (χ1) is 9.69. The van der Waals surface area contributed by atoms with Crippen molar-refractivity contribution in [2.24, 2.45) is 0 Å². The van der Waals surface area contributed by atoms with Crippen LogP contribution in [0.4, 0.5) is 0 Å². The second-order valence-corrected chi connectivity index (χ2v) is 5.65. The topological polar surface area (TPSA) is 38.9 Å². The number of hydrogen-bond acceptors (Lipinski definition) is 3. The van der Waals surface area contributed by atoms with Gasteiger partial charge in [0.05, 0.1) is 10.2 Å². The van der Waals surface area contributed by atoms with Crippen LogP contribution in [0.1, 0.15) is 19.0 Å². The summed E-state index contributed by atoms with van der Waals surface area (Å²) >= 11 is 9.60.